The molecule has 2 amide bonds. The molecular weight excluding hydrogens is 480 g/mol. The van der Waals surface area contributed by atoms with E-state index in [9.17, 15) is 14.4 Å². The number of carbonyl (C=O) groups is 2. The first-order valence-corrected chi connectivity index (χ1v) is 12.8. The van der Waals surface area contributed by atoms with Crippen LogP contribution in [-0.2, 0) is 15.1 Å². The Bertz CT molecular complexity index is 1730. The van der Waals surface area contributed by atoms with Gasteiger partial charge in [0, 0.05) is 11.6 Å². The normalized spacial score (nSPS) is 25.4. The average molecular weight is 507 g/mol. The van der Waals surface area contributed by atoms with Crippen LogP contribution in [0, 0.1) is 17.8 Å². The van der Waals surface area contributed by atoms with E-state index >= 15 is 0 Å². The highest BCUT2D eigenvalue weighted by Gasteiger charge is 2.70. The maximum Gasteiger partial charge on any atom is 0.266 e. The molecule has 38 heavy (non-hydrogen) atoms. The third-order valence-electron chi connectivity index (χ3n) is 8.34. The van der Waals surface area contributed by atoms with Crippen LogP contribution in [0.15, 0.2) is 77.6 Å². The molecule has 2 saturated heterocycles. The molecule has 8 heteroatoms. The van der Waals surface area contributed by atoms with E-state index in [4.69, 9.17) is 9.72 Å². The molecule has 3 aliphatic heterocycles. The van der Waals surface area contributed by atoms with Crippen molar-refractivity contribution in [1.29, 1.82) is 0 Å². The van der Waals surface area contributed by atoms with Gasteiger partial charge >= 0.3 is 0 Å². The molecule has 190 valence electrons. The Labute approximate surface area is 218 Å². The van der Waals surface area contributed by atoms with Crippen LogP contribution in [-0.4, -0.2) is 34.5 Å². The van der Waals surface area contributed by atoms with Crippen LogP contribution in [0.5, 0.6) is 5.75 Å². The minimum Gasteiger partial charge on any atom is -0.495 e. The molecule has 4 heterocycles. The number of rotatable bonds is 3. The molecule has 1 aromatic heterocycles. The van der Waals surface area contributed by atoms with E-state index in [1.807, 2.05) is 56.3 Å². The lowest BCUT2D eigenvalue weighted by Crippen LogP contribution is -2.51. The predicted octanol–water partition coefficient (Wildman–Crippen LogP) is 3.38. The van der Waals surface area contributed by atoms with Gasteiger partial charge in [0.05, 0.1) is 41.2 Å². The van der Waals surface area contributed by atoms with Crippen molar-refractivity contribution in [3.63, 3.8) is 0 Å². The maximum atomic E-state index is 14.5. The molecule has 8 nitrogen and oxygen atoms in total. The van der Waals surface area contributed by atoms with Gasteiger partial charge in [-0.3, -0.25) is 24.3 Å². The van der Waals surface area contributed by atoms with Crippen molar-refractivity contribution in [2.24, 2.45) is 17.8 Å². The fraction of sp³-hybridized carbons (Fsp3) is 0.267. The largest absolute Gasteiger partial charge is 0.495 e. The quantitative estimate of drug-likeness (QED) is 0.428. The summed E-state index contributed by atoms with van der Waals surface area (Å²) in [6.07, 6.45) is 0. The fourth-order valence-electron chi connectivity index (χ4n) is 6.78. The molecule has 4 aromatic rings. The lowest BCUT2D eigenvalue weighted by molar-refractivity contribution is -0.123. The lowest BCUT2D eigenvalue weighted by atomic mass is 9.75. The van der Waals surface area contributed by atoms with Gasteiger partial charge in [0.1, 0.15) is 17.1 Å². The molecule has 0 radical (unpaired) electrons. The number of nitrogens with one attached hydrogen (secondary N) is 1. The van der Waals surface area contributed by atoms with Gasteiger partial charge in [-0.25, -0.2) is 9.88 Å². The molecule has 7 rings (SSSR count). The van der Waals surface area contributed by atoms with Gasteiger partial charge in [-0.2, -0.15) is 0 Å². The number of imide groups is 1. The maximum absolute atomic E-state index is 14.5. The first-order valence-electron chi connectivity index (χ1n) is 12.8. The van der Waals surface area contributed by atoms with Gasteiger partial charge < -0.3 is 4.74 Å². The summed E-state index contributed by atoms with van der Waals surface area (Å²) < 4.78 is 7.14. The standard InChI is InChI=1S/C30H26N4O4/c1-16(2)25-23-24(28(37)33(27(23)36)21-14-8-9-15-22(21)38-3)30(32-25)18-11-5-7-13-20(18)34-26(35)17-10-4-6-12-19(17)31-29(30)34/h4-16,23-25,32H,1-3H3. The number of methoxy groups -OCH3 is 1. The minimum atomic E-state index is -1.15. The summed E-state index contributed by atoms with van der Waals surface area (Å²) in [5.74, 6) is -1.11. The van der Waals surface area contributed by atoms with Gasteiger partial charge in [-0.15, -0.1) is 0 Å². The number of nitrogens with zero attached hydrogens (tertiary/aromatic N) is 3. The smallest absolute Gasteiger partial charge is 0.266 e. The van der Waals surface area contributed by atoms with Gasteiger partial charge in [0.25, 0.3) is 5.56 Å². The van der Waals surface area contributed by atoms with E-state index in [0.717, 1.165) is 5.56 Å². The van der Waals surface area contributed by atoms with Crippen molar-refractivity contribution in [2.75, 3.05) is 12.0 Å². The van der Waals surface area contributed by atoms with Crippen LogP contribution >= 0.6 is 0 Å². The summed E-state index contributed by atoms with van der Waals surface area (Å²) in [5, 5.41) is 4.21. The Morgan fingerprint density at radius 3 is 2.34 bits per heavy atom. The Morgan fingerprint density at radius 2 is 1.58 bits per heavy atom. The van der Waals surface area contributed by atoms with Crippen LogP contribution < -0.4 is 20.5 Å². The van der Waals surface area contributed by atoms with Gasteiger partial charge in [-0.1, -0.05) is 56.3 Å². The minimum absolute atomic E-state index is 0.0321. The highest BCUT2D eigenvalue weighted by Crippen LogP contribution is 2.56. The van der Waals surface area contributed by atoms with Crippen LogP contribution in [0.3, 0.4) is 0 Å². The van der Waals surface area contributed by atoms with Crippen LogP contribution in [0.1, 0.15) is 25.2 Å². The first kappa shape index (κ1) is 22.9. The molecular formula is C30H26N4O4. The first-order chi connectivity index (χ1) is 18.4. The Balaban J connectivity index is 1.54. The van der Waals surface area contributed by atoms with Crippen molar-refractivity contribution < 1.29 is 14.3 Å². The van der Waals surface area contributed by atoms with Crippen LogP contribution in [0.25, 0.3) is 16.6 Å². The summed E-state index contributed by atoms with van der Waals surface area (Å²) in [7, 11) is 1.52. The Kier molecular flexibility index (Phi) is 4.72. The molecule has 4 unspecified atom stereocenters. The van der Waals surface area contributed by atoms with Crippen molar-refractivity contribution in [1.82, 2.24) is 14.9 Å². The number of hydrogen-bond acceptors (Lipinski definition) is 6. The average Bonchev–Trinajstić information content (AvgIpc) is 3.52. The summed E-state index contributed by atoms with van der Waals surface area (Å²) >= 11 is 0. The Hall–Kier alpha value is -4.30. The van der Waals surface area contributed by atoms with E-state index in [1.165, 1.54) is 12.0 Å². The molecule has 1 spiro atoms. The van der Waals surface area contributed by atoms with Crippen molar-refractivity contribution >= 4 is 28.4 Å². The van der Waals surface area contributed by atoms with E-state index in [1.54, 1.807) is 34.9 Å². The predicted molar refractivity (Wildman–Crippen MR) is 142 cm³/mol. The van der Waals surface area contributed by atoms with Crippen molar-refractivity contribution in [3.8, 4) is 11.4 Å². The molecule has 3 aliphatic rings. The summed E-state index contributed by atoms with van der Waals surface area (Å²) in [5.41, 5.74) is 1.09. The van der Waals surface area contributed by atoms with Gasteiger partial charge in [0.2, 0.25) is 11.8 Å². The van der Waals surface area contributed by atoms with Crippen molar-refractivity contribution in [3.05, 3.63) is 94.5 Å². The molecule has 0 bridgehead atoms. The lowest BCUT2D eigenvalue weighted by Gasteiger charge is -2.32. The summed E-state index contributed by atoms with van der Waals surface area (Å²) in [6, 6.07) is 21.6. The second-order valence-electron chi connectivity index (χ2n) is 10.5. The van der Waals surface area contributed by atoms with E-state index in [0.29, 0.717) is 33.9 Å². The van der Waals surface area contributed by atoms with E-state index < -0.39 is 17.4 Å². The number of hydrogen-bond donors (Lipinski definition) is 1. The SMILES string of the molecule is COc1ccccc1N1C(=O)C2C(C(C)C)NC3(c4ccccc4-n4c3nc3ccccc3c4=O)C2C1=O. The van der Waals surface area contributed by atoms with Gasteiger partial charge in [0.15, 0.2) is 0 Å². The molecule has 1 N–H and O–H groups in total. The zero-order valence-corrected chi connectivity index (χ0v) is 21.2. The number of aromatic nitrogens is 2. The number of fused-ring (bicyclic) bond motifs is 8. The molecule has 4 atom stereocenters. The summed E-state index contributed by atoms with van der Waals surface area (Å²) in [4.78, 5) is 48.7. The number of ether oxygens (including phenoxy) is 1. The highest BCUT2D eigenvalue weighted by atomic mass is 16.5. The van der Waals surface area contributed by atoms with E-state index in [2.05, 4.69) is 5.32 Å². The number of carbonyl (C=O) groups excluding carboxylic acids is 2. The number of amides is 2. The third kappa shape index (κ3) is 2.67. The highest BCUT2D eigenvalue weighted by molar-refractivity contribution is 6.24. The number of anilines is 1. The monoisotopic (exact) mass is 506 g/mol. The molecule has 0 saturated carbocycles. The van der Waals surface area contributed by atoms with E-state index in [-0.39, 0.29) is 29.3 Å². The van der Waals surface area contributed by atoms with Crippen LogP contribution in [0.2, 0.25) is 0 Å². The van der Waals surface area contributed by atoms with Gasteiger partial charge in [-0.05, 0) is 36.2 Å². The molecule has 3 aromatic carbocycles. The zero-order chi connectivity index (χ0) is 26.3. The Morgan fingerprint density at radius 1 is 0.895 bits per heavy atom. The second-order valence-corrected chi connectivity index (χ2v) is 10.5. The topological polar surface area (TPSA) is 93.5 Å². The second kappa shape index (κ2) is 7.85. The van der Waals surface area contributed by atoms with Crippen LogP contribution in [0.4, 0.5) is 5.69 Å². The zero-order valence-electron chi connectivity index (χ0n) is 21.2. The molecule has 0 aliphatic carbocycles. The summed E-state index contributed by atoms with van der Waals surface area (Å²) in [6.45, 7) is 4.08. The van der Waals surface area contributed by atoms with Crippen molar-refractivity contribution in [2.45, 2.75) is 25.4 Å². The third-order valence-corrected chi connectivity index (χ3v) is 8.34. The number of benzene rings is 3. The fourth-order valence-corrected chi connectivity index (χ4v) is 6.78. The number of para-hydroxylation sites is 4. The molecule has 2 fully saturated rings.